The van der Waals surface area contributed by atoms with Gasteiger partial charge in [-0.25, -0.2) is 14.2 Å². The minimum atomic E-state index is -1.25. The maximum absolute atomic E-state index is 13.2. The summed E-state index contributed by atoms with van der Waals surface area (Å²) in [5, 5.41) is 9.79. The molecule has 0 spiro atoms. The summed E-state index contributed by atoms with van der Waals surface area (Å²) in [6.45, 7) is 6.91. The van der Waals surface area contributed by atoms with Crippen molar-refractivity contribution in [1.82, 2.24) is 19.6 Å². The van der Waals surface area contributed by atoms with Gasteiger partial charge in [-0.15, -0.1) is 0 Å². The SMILES string of the molecule is CCOC(=O)C(C)(C)n1nc(C)c2cnn(-c3cccc(Cl)c3)c2c1=O. The zero-order valence-electron chi connectivity index (χ0n) is 15.0. The van der Waals surface area contributed by atoms with E-state index in [1.54, 1.807) is 58.2 Å². The summed E-state index contributed by atoms with van der Waals surface area (Å²) in [7, 11) is 0. The number of esters is 1. The minimum Gasteiger partial charge on any atom is -0.464 e. The topological polar surface area (TPSA) is 79.0 Å². The summed E-state index contributed by atoms with van der Waals surface area (Å²) >= 11 is 6.07. The highest BCUT2D eigenvalue weighted by molar-refractivity contribution is 6.30. The third kappa shape index (κ3) is 2.88. The van der Waals surface area contributed by atoms with Crippen molar-refractivity contribution in [3.63, 3.8) is 0 Å². The number of hydrogen-bond acceptors (Lipinski definition) is 5. The molecule has 0 aliphatic carbocycles. The summed E-state index contributed by atoms with van der Waals surface area (Å²) in [5.74, 6) is -0.526. The van der Waals surface area contributed by atoms with Gasteiger partial charge >= 0.3 is 5.97 Å². The maximum Gasteiger partial charge on any atom is 0.333 e. The predicted octanol–water partition coefficient (Wildman–Crippen LogP) is 2.84. The summed E-state index contributed by atoms with van der Waals surface area (Å²) in [4.78, 5) is 25.5. The molecule has 7 nitrogen and oxygen atoms in total. The van der Waals surface area contributed by atoms with Crippen molar-refractivity contribution in [2.24, 2.45) is 0 Å². The molecular formula is C18H19ClN4O3. The second kappa shape index (κ2) is 6.57. The first kappa shape index (κ1) is 18.1. The first-order valence-electron chi connectivity index (χ1n) is 8.18. The summed E-state index contributed by atoms with van der Waals surface area (Å²) in [6.07, 6.45) is 1.58. The zero-order valence-corrected chi connectivity index (χ0v) is 15.7. The van der Waals surface area contributed by atoms with Crippen molar-refractivity contribution >= 4 is 28.5 Å². The van der Waals surface area contributed by atoms with Gasteiger partial charge in [0, 0.05) is 10.4 Å². The molecule has 0 saturated carbocycles. The molecule has 0 aliphatic heterocycles. The molecule has 1 aromatic carbocycles. The number of carbonyl (C=O) groups is 1. The van der Waals surface area contributed by atoms with Gasteiger partial charge in [-0.3, -0.25) is 4.79 Å². The Morgan fingerprint density at radius 2 is 2.08 bits per heavy atom. The second-order valence-electron chi connectivity index (χ2n) is 6.38. The molecule has 136 valence electrons. The van der Waals surface area contributed by atoms with Crippen LogP contribution in [0.25, 0.3) is 16.6 Å². The van der Waals surface area contributed by atoms with Gasteiger partial charge in [0.1, 0.15) is 5.52 Å². The molecule has 0 bridgehead atoms. The lowest BCUT2D eigenvalue weighted by Gasteiger charge is -2.24. The standard InChI is InChI=1S/C18H19ClN4O3/c1-5-26-17(25)18(3,4)23-16(24)15-14(11(2)21-23)10-20-22(15)13-8-6-7-12(19)9-13/h6-10H,5H2,1-4H3. The van der Waals surface area contributed by atoms with Crippen LogP contribution < -0.4 is 5.56 Å². The fourth-order valence-electron chi connectivity index (χ4n) is 2.75. The van der Waals surface area contributed by atoms with Crippen LogP contribution in [0.3, 0.4) is 0 Å². The van der Waals surface area contributed by atoms with Crippen LogP contribution in [0.1, 0.15) is 26.5 Å². The molecule has 0 saturated heterocycles. The number of ether oxygens (including phenoxy) is 1. The van der Waals surface area contributed by atoms with E-state index >= 15 is 0 Å². The quantitative estimate of drug-likeness (QED) is 0.656. The fourth-order valence-corrected chi connectivity index (χ4v) is 2.93. The van der Waals surface area contributed by atoms with Gasteiger partial charge in [0.2, 0.25) is 0 Å². The molecular weight excluding hydrogens is 356 g/mol. The molecule has 0 amide bonds. The number of aromatic nitrogens is 4. The molecule has 0 fully saturated rings. The summed E-state index contributed by atoms with van der Waals surface area (Å²) in [5.41, 5.74) is -0.116. The van der Waals surface area contributed by atoms with E-state index in [9.17, 15) is 9.59 Å². The molecule has 26 heavy (non-hydrogen) atoms. The Bertz CT molecular complexity index is 1050. The van der Waals surface area contributed by atoms with Crippen LogP contribution in [0.5, 0.6) is 0 Å². The predicted molar refractivity (Wildman–Crippen MR) is 98.8 cm³/mol. The molecule has 0 atom stereocenters. The number of aryl methyl sites for hydroxylation is 1. The van der Waals surface area contributed by atoms with Crippen LogP contribution in [-0.2, 0) is 15.1 Å². The Morgan fingerprint density at radius 1 is 1.35 bits per heavy atom. The molecule has 8 heteroatoms. The van der Waals surface area contributed by atoms with Gasteiger partial charge in [0.05, 0.1) is 24.2 Å². The van der Waals surface area contributed by atoms with Gasteiger partial charge in [-0.2, -0.15) is 10.2 Å². The van der Waals surface area contributed by atoms with Gasteiger partial charge in [-0.1, -0.05) is 17.7 Å². The van der Waals surface area contributed by atoms with Crippen LogP contribution in [0.15, 0.2) is 35.3 Å². The lowest BCUT2D eigenvalue weighted by atomic mass is 10.1. The number of benzene rings is 1. The van der Waals surface area contributed by atoms with Crippen LogP contribution in [0, 0.1) is 6.92 Å². The highest BCUT2D eigenvalue weighted by Crippen LogP contribution is 2.22. The van der Waals surface area contributed by atoms with Crippen molar-refractivity contribution in [3.05, 3.63) is 51.5 Å². The van der Waals surface area contributed by atoms with Gasteiger partial charge < -0.3 is 4.74 Å². The first-order chi connectivity index (χ1) is 12.3. The number of halogens is 1. The zero-order chi connectivity index (χ0) is 19.1. The Labute approximate surface area is 155 Å². The molecule has 3 aromatic rings. The normalized spacial score (nSPS) is 11.7. The lowest BCUT2D eigenvalue weighted by Crippen LogP contribution is -2.45. The average molecular weight is 375 g/mol. The third-order valence-corrected chi connectivity index (χ3v) is 4.40. The molecule has 0 radical (unpaired) electrons. The monoisotopic (exact) mass is 374 g/mol. The van der Waals surface area contributed by atoms with Crippen LogP contribution in [0.2, 0.25) is 5.02 Å². The Balaban J connectivity index is 2.29. The van der Waals surface area contributed by atoms with Gasteiger partial charge in [0.25, 0.3) is 5.56 Å². The maximum atomic E-state index is 13.2. The van der Waals surface area contributed by atoms with E-state index in [-0.39, 0.29) is 6.61 Å². The minimum absolute atomic E-state index is 0.221. The Kier molecular flexibility index (Phi) is 4.58. The summed E-state index contributed by atoms with van der Waals surface area (Å²) in [6, 6.07) is 7.03. The Hall–Kier alpha value is -2.67. The van der Waals surface area contributed by atoms with E-state index in [0.717, 1.165) is 4.68 Å². The van der Waals surface area contributed by atoms with Crippen molar-refractivity contribution in [3.8, 4) is 5.69 Å². The highest BCUT2D eigenvalue weighted by atomic mass is 35.5. The van der Waals surface area contributed by atoms with Crippen LogP contribution in [0.4, 0.5) is 0 Å². The van der Waals surface area contributed by atoms with E-state index in [2.05, 4.69) is 10.2 Å². The van der Waals surface area contributed by atoms with E-state index in [0.29, 0.717) is 27.3 Å². The highest BCUT2D eigenvalue weighted by Gasteiger charge is 2.35. The second-order valence-corrected chi connectivity index (χ2v) is 6.82. The largest absolute Gasteiger partial charge is 0.464 e. The molecule has 3 rings (SSSR count). The number of carbonyl (C=O) groups excluding carboxylic acids is 1. The van der Waals surface area contributed by atoms with Crippen molar-refractivity contribution in [1.29, 1.82) is 0 Å². The van der Waals surface area contributed by atoms with Crippen molar-refractivity contribution < 1.29 is 9.53 Å². The Morgan fingerprint density at radius 3 is 2.73 bits per heavy atom. The van der Waals surface area contributed by atoms with Crippen LogP contribution in [-0.4, -0.2) is 32.1 Å². The van der Waals surface area contributed by atoms with Crippen molar-refractivity contribution in [2.45, 2.75) is 33.2 Å². The van der Waals surface area contributed by atoms with E-state index < -0.39 is 17.1 Å². The average Bonchev–Trinajstić information content (AvgIpc) is 3.04. The van der Waals surface area contributed by atoms with E-state index in [1.807, 2.05) is 0 Å². The van der Waals surface area contributed by atoms with Gasteiger partial charge in [-0.05, 0) is 45.9 Å². The molecule has 0 aliphatic rings. The number of nitrogens with zero attached hydrogens (tertiary/aromatic N) is 4. The third-order valence-electron chi connectivity index (χ3n) is 4.16. The first-order valence-corrected chi connectivity index (χ1v) is 8.56. The fraction of sp³-hybridized carbons (Fsp3) is 0.333. The number of hydrogen-bond donors (Lipinski definition) is 0. The van der Waals surface area contributed by atoms with E-state index in [1.165, 1.54) is 4.68 Å². The smallest absolute Gasteiger partial charge is 0.333 e. The molecule has 0 N–H and O–H groups in total. The molecule has 2 heterocycles. The van der Waals surface area contributed by atoms with Crippen molar-refractivity contribution in [2.75, 3.05) is 6.61 Å². The lowest BCUT2D eigenvalue weighted by molar-refractivity contribution is -0.152. The number of fused-ring (bicyclic) bond motifs is 1. The van der Waals surface area contributed by atoms with Crippen LogP contribution >= 0.6 is 11.6 Å². The van der Waals surface area contributed by atoms with E-state index in [4.69, 9.17) is 16.3 Å². The molecule has 2 aromatic heterocycles. The molecule has 0 unspecified atom stereocenters. The number of rotatable bonds is 4. The summed E-state index contributed by atoms with van der Waals surface area (Å²) < 4.78 is 7.77. The van der Waals surface area contributed by atoms with Gasteiger partial charge in [0.15, 0.2) is 5.54 Å².